The molecule has 0 amide bonds. The van der Waals surface area contributed by atoms with Gasteiger partial charge in [0.05, 0.1) is 12.6 Å². The monoisotopic (exact) mass is 314 g/mol. The van der Waals surface area contributed by atoms with Crippen molar-refractivity contribution in [2.45, 2.75) is 31.5 Å². The quantitative estimate of drug-likeness (QED) is 0.823. The van der Waals surface area contributed by atoms with E-state index in [9.17, 15) is 8.42 Å². The van der Waals surface area contributed by atoms with Crippen LogP contribution in [0.2, 0.25) is 0 Å². The van der Waals surface area contributed by atoms with Gasteiger partial charge in [0.15, 0.2) is 0 Å². The summed E-state index contributed by atoms with van der Waals surface area (Å²) in [5.41, 5.74) is 0. The Kier molecular flexibility index (Phi) is 4.98. The van der Waals surface area contributed by atoms with Crippen molar-refractivity contribution in [3.8, 4) is 0 Å². The lowest BCUT2D eigenvalue weighted by Crippen LogP contribution is -2.26. The molecule has 0 saturated heterocycles. The van der Waals surface area contributed by atoms with Crippen molar-refractivity contribution in [1.82, 2.24) is 10.0 Å². The molecule has 0 bridgehead atoms. The molecule has 2 aromatic rings. The van der Waals surface area contributed by atoms with Crippen LogP contribution in [0.3, 0.4) is 0 Å². The van der Waals surface area contributed by atoms with E-state index in [1.165, 1.54) is 17.4 Å². The SMILES string of the molecule is CCNCc1ccc(S(=O)(=O)NC(C)c2cccs2)o1. The second-order valence-corrected chi connectivity index (χ2v) is 6.98. The number of hydrogen-bond donors (Lipinski definition) is 2. The Balaban J connectivity index is 2.08. The van der Waals surface area contributed by atoms with E-state index in [1.807, 2.05) is 31.4 Å². The third-order valence-electron chi connectivity index (χ3n) is 2.75. The molecule has 110 valence electrons. The van der Waals surface area contributed by atoms with Crippen LogP contribution in [-0.4, -0.2) is 15.0 Å². The molecule has 0 fully saturated rings. The van der Waals surface area contributed by atoms with Gasteiger partial charge in [-0.3, -0.25) is 0 Å². The zero-order chi connectivity index (χ0) is 14.6. The Labute approximate surface area is 123 Å². The molecule has 2 aromatic heterocycles. The first kappa shape index (κ1) is 15.2. The summed E-state index contributed by atoms with van der Waals surface area (Å²) in [6.45, 7) is 5.11. The van der Waals surface area contributed by atoms with E-state index in [-0.39, 0.29) is 11.1 Å². The maximum Gasteiger partial charge on any atom is 0.274 e. The molecule has 1 atom stereocenters. The fraction of sp³-hybridized carbons (Fsp3) is 0.385. The highest BCUT2D eigenvalue weighted by Gasteiger charge is 2.22. The van der Waals surface area contributed by atoms with E-state index in [4.69, 9.17) is 4.42 Å². The van der Waals surface area contributed by atoms with Crippen LogP contribution in [0.4, 0.5) is 0 Å². The van der Waals surface area contributed by atoms with Crippen molar-refractivity contribution >= 4 is 21.4 Å². The summed E-state index contributed by atoms with van der Waals surface area (Å²) in [7, 11) is -3.63. The Morgan fingerprint density at radius 2 is 2.15 bits per heavy atom. The maximum atomic E-state index is 12.2. The fourth-order valence-electron chi connectivity index (χ4n) is 1.73. The second-order valence-electron chi connectivity index (χ2n) is 4.36. The molecule has 2 N–H and O–H groups in total. The summed E-state index contributed by atoms with van der Waals surface area (Å²) in [4.78, 5) is 0.966. The zero-order valence-corrected chi connectivity index (χ0v) is 13.1. The van der Waals surface area contributed by atoms with E-state index in [0.717, 1.165) is 11.4 Å². The lowest BCUT2D eigenvalue weighted by Gasteiger charge is -2.10. The number of thiophene rings is 1. The van der Waals surface area contributed by atoms with Crippen LogP contribution in [0.25, 0.3) is 0 Å². The number of sulfonamides is 1. The van der Waals surface area contributed by atoms with Gasteiger partial charge in [0, 0.05) is 4.88 Å². The minimum atomic E-state index is -3.63. The average Bonchev–Trinajstić information content (AvgIpc) is 3.07. The standard InChI is InChI=1S/C13H18N2O3S2/c1-3-14-9-11-6-7-13(18-11)20(16,17)15-10(2)12-5-4-8-19-12/h4-8,10,14-15H,3,9H2,1-2H3. The highest BCUT2D eigenvalue weighted by molar-refractivity contribution is 7.89. The van der Waals surface area contributed by atoms with Crippen LogP contribution >= 0.6 is 11.3 Å². The van der Waals surface area contributed by atoms with Crippen LogP contribution in [0, 0.1) is 0 Å². The minimum absolute atomic E-state index is 0.0474. The molecule has 0 aliphatic rings. The van der Waals surface area contributed by atoms with E-state index >= 15 is 0 Å². The van der Waals surface area contributed by atoms with Crippen LogP contribution in [-0.2, 0) is 16.6 Å². The summed E-state index contributed by atoms with van der Waals surface area (Å²) in [5, 5.41) is 4.96. The van der Waals surface area contributed by atoms with Gasteiger partial charge in [-0.15, -0.1) is 11.3 Å². The Bertz CT molecular complexity index is 632. The molecule has 2 heterocycles. The Hall–Kier alpha value is -1.15. The summed E-state index contributed by atoms with van der Waals surface area (Å²) >= 11 is 1.52. The van der Waals surface area contributed by atoms with E-state index in [2.05, 4.69) is 10.0 Å². The number of furan rings is 1. The highest BCUT2D eigenvalue weighted by atomic mass is 32.2. The third kappa shape index (κ3) is 3.69. The number of hydrogen-bond acceptors (Lipinski definition) is 5. The summed E-state index contributed by atoms with van der Waals surface area (Å²) < 4.78 is 32.4. The van der Waals surface area contributed by atoms with Crippen LogP contribution < -0.4 is 10.0 Å². The van der Waals surface area contributed by atoms with Gasteiger partial charge in [0.25, 0.3) is 10.0 Å². The van der Waals surface area contributed by atoms with Gasteiger partial charge in [-0.1, -0.05) is 13.0 Å². The molecule has 0 radical (unpaired) electrons. The van der Waals surface area contributed by atoms with Crippen molar-refractivity contribution in [2.75, 3.05) is 6.54 Å². The summed E-state index contributed by atoms with van der Waals surface area (Å²) in [5.74, 6) is 0.607. The molecule has 20 heavy (non-hydrogen) atoms. The Morgan fingerprint density at radius 3 is 2.80 bits per heavy atom. The average molecular weight is 314 g/mol. The molecular formula is C13H18N2O3S2. The molecule has 0 aliphatic carbocycles. The third-order valence-corrected chi connectivity index (χ3v) is 5.22. The van der Waals surface area contributed by atoms with Crippen molar-refractivity contribution < 1.29 is 12.8 Å². The second kappa shape index (κ2) is 6.53. The van der Waals surface area contributed by atoms with Crippen LogP contribution in [0.1, 0.15) is 30.5 Å². The summed E-state index contributed by atoms with van der Waals surface area (Å²) in [6.07, 6.45) is 0. The van der Waals surface area contributed by atoms with Gasteiger partial charge in [0.2, 0.25) is 5.09 Å². The van der Waals surface area contributed by atoms with Crippen molar-refractivity contribution in [1.29, 1.82) is 0 Å². The fourth-order valence-corrected chi connectivity index (χ4v) is 3.71. The smallest absolute Gasteiger partial charge is 0.274 e. The molecule has 0 aliphatic heterocycles. The summed E-state index contributed by atoms with van der Waals surface area (Å²) in [6, 6.07) is 6.67. The van der Waals surface area contributed by atoms with Gasteiger partial charge in [-0.05, 0) is 37.0 Å². The lowest BCUT2D eigenvalue weighted by atomic mass is 10.3. The first-order valence-electron chi connectivity index (χ1n) is 6.38. The van der Waals surface area contributed by atoms with E-state index < -0.39 is 10.0 Å². The molecule has 0 aromatic carbocycles. The minimum Gasteiger partial charge on any atom is -0.447 e. The van der Waals surface area contributed by atoms with Gasteiger partial charge in [-0.25, -0.2) is 13.1 Å². The van der Waals surface area contributed by atoms with Crippen molar-refractivity contribution in [3.63, 3.8) is 0 Å². The predicted octanol–water partition coefficient (Wildman–Crippen LogP) is 2.49. The molecule has 7 heteroatoms. The number of rotatable bonds is 7. The van der Waals surface area contributed by atoms with Gasteiger partial charge < -0.3 is 9.73 Å². The largest absolute Gasteiger partial charge is 0.447 e. The van der Waals surface area contributed by atoms with E-state index in [1.54, 1.807) is 6.07 Å². The molecule has 2 rings (SSSR count). The molecule has 0 spiro atoms. The first-order chi connectivity index (χ1) is 9.53. The van der Waals surface area contributed by atoms with Gasteiger partial charge >= 0.3 is 0 Å². The topological polar surface area (TPSA) is 71.3 Å². The molecule has 0 saturated carbocycles. The van der Waals surface area contributed by atoms with Crippen LogP contribution in [0.5, 0.6) is 0 Å². The van der Waals surface area contributed by atoms with Crippen molar-refractivity contribution in [3.05, 3.63) is 40.3 Å². The molecular weight excluding hydrogens is 296 g/mol. The van der Waals surface area contributed by atoms with Crippen molar-refractivity contribution in [2.24, 2.45) is 0 Å². The maximum absolute atomic E-state index is 12.2. The first-order valence-corrected chi connectivity index (χ1v) is 8.74. The highest BCUT2D eigenvalue weighted by Crippen LogP contribution is 2.21. The van der Waals surface area contributed by atoms with E-state index in [0.29, 0.717) is 12.3 Å². The normalized spacial score (nSPS) is 13.5. The zero-order valence-electron chi connectivity index (χ0n) is 11.4. The Morgan fingerprint density at radius 1 is 1.35 bits per heavy atom. The molecule has 5 nitrogen and oxygen atoms in total. The van der Waals surface area contributed by atoms with Crippen LogP contribution in [0.15, 0.2) is 39.2 Å². The van der Waals surface area contributed by atoms with Gasteiger partial charge in [0.1, 0.15) is 5.76 Å². The number of nitrogens with one attached hydrogen (secondary N) is 2. The lowest BCUT2D eigenvalue weighted by molar-refractivity contribution is 0.400. The van der Waals surface area contributed by atoms with Gasteiger partial charge in [-0.2, -0.15) is 0 Å². The molecule has 1 unspecified atom stereocenters. The predicted molar refractivity (Wildman–Crippen MR) is 79.1 cm³/mol.